The van der Waals surface area contributed by atoms with E-state index in [1.54, 1.807) is 12.4 Å². The van der Waals surface area contributed by atoms with Crippen LogP contribution in [0, 0.1) is 0 Å². The number of rotatable bonds is 2. The first-order valence-corrected chi connectivity index (χ1v) is 4.66. The van der Waals surface area contributed by atoms with Crippen molar-refractivity contribution in [2.24, 2.45) is 5.73 Å². The number of nitrogen functional groups attached to an aromatic ring is 1. The second-order valence-electron chi connectivity index (χ2n) is 3.22. The third kappa shape index (κ3) is 1.94. The zero-order chi connectivity index (χ0) is 10.7. The normalized spacial score (nSPS) is 12.3. The second-order valence-corrected chi connectivity index (χ2v) is 3.22. The molecule has 0 saturated carbocycles. The molecule has 15 heavy (non-hydrogen) atoms. The summed E-state index contributed by atoms with van der Waals surface area (Å²) in [4.78, 5) is 8.10. The largest absolute Gasteiger partial charge is 0.382 e. The number of nitrogens with zero attached hydrogens (tertiary/aromatic N) is 2. The summed E-state index contributed by atoms with van der Waals surface area (Å²) < 4.78 is 0. The molecule has 1 heterocycles. The van der Waals surface area contributed by atoms with E-state index >= 15 is 0 Å². The van der Waals surface area contributed by atoms with Gasteiger partial charge in [-0.2, -0.15) is 0 Å². The standard InChI is InChI=1S/C11H12N4/c12-9(8-4-2-1-3-5-8)10-11(13)15-7-6-14-10/h1-7,9H,12H2,(H2,13,15). The molecule has 4 heteroatoms. The Bertz CT molecular complexity index is 441. The Hall–Kier alpha value is -1.94. The highest BCUT2D eigenvalue weighted by Gasteiger charge is 2.13. The highest BCUT2D eigenvalue weighted by molar-refractivity contribution is 5.40. The molecule has 4 N–H and O–H groups in total. The number of benzene rings is 1. The van der Waals surface area contributed by atoms with E-state index in [1.807, 2.05) is 30.3 Å². The summed E-state index contributed by atoms with van der Waals surface area (Å²) in [6.07, 6.45) is 3.14. The lowest BCUT2D eigenvalue weighted by Crippen LogP contribution is -2.16. The van der Waals surface area contributed by atoms with Gasteiger partial charge in [-0.05, 0) is 5.56 Å². The molecule has 1 aromatic heterocycles. The summed E-state index contributed by atoms with van der Waals surface area (Å²) in [5.41, 5.74) is 13.3. The van der Waals surface area contributed by atoms with Crippen LogP contribution in [0.4, 0.5) is 5.82 Å². The quantitative estimate of drug-likeness (QED) is 0.761. The van der Waals surface area contributed by atoms with E-state index in [4.69, 9.17) is 11.5 Å². The van der Waals surface area contributed by atoms with Gasteiger partial charge in [0.25, 0.3) is 0 Å². The first-order chi connectivity index (χ1) is 7.29. The summed E-state index contributed by atoms with van der Waals surface area (Å²) >= 11 is 0. The highest BCUT2D eigenvalue weighted by Crippen LogP contribution is 2.20. The Balaban J connectivity index is 2.37. The Labute approximate surface area is 88.0 Å². The maximum Gasteiger partial charge on any atom is 0.147 e. The second kappa shape index (κ2) is 4.06. The molecule has 2 rings (SSSR count). The van der Waals surface area contributed by atoms with Gasteiger partial charge in [0.1, 0.15) is 11.5 Å². The number of hydrogen-bond acceptors (Lipinski definition) is 4. The van der Waals surface area contributed by atoms with Crippen LogP contribution in [0.5, 0.6) is 0 Å². The summed E-state index contributed by atoms with van der Waals surface area (Å²) in [5.74, 6) is 0.383. The van der Waals surface area contributed by atoms with Gasteiger partial charge in [-0.1, -0.05) is 30.3 Å². The molecule has 0 radical (unpaired) electrons. The van der Waals surface area contributed by atoms with Gasteiger partial charge in [0.05, 0.1) is 6.04 Å². The van der Waals surface area contributed by atoms with Gasteiger partial charge < -0.3 is 11.5 Å². The van der Waals surface area contributed by atoms with Crippen LogP contribution >= 0.6 is 0 Å². The SMILES string of the molecule is Nc1nccnc1C(N)c1ccccc1. The fourth-order valence-electron chi connectivity index (χ4n) is 1.42. The molecule has 0 bridgehead atoms. The smallest absolute Gasteiger partial charge is 0.147 e. The van der Waals surface area contributed by atoms with Gasteiger partial charge >= 0.3 is 0 Å². The van der Waals surface area contributed by atoms with Crippen LogP contribution in [0.1, 0.15) is 17.3 Å². The molecule has 4 nitrogen and oxygen atoms in total. The van der Waals surface area contributed by atoms with Crippen molar-refractivity contribution >= 4 is 5.82 Å². The lowest BCUT2D eigenvalue weighted by Gasteiger charge is -2.12. The predicted octanol–water partition coefficient (Wildman–Crippen LogP) is 1.11. The van der Waals surface area contributed by atoms with Crippen molar-refractivity contribution in [1.29, 1.82) is 0 Å². The minimum Gasteiger partial charge on any atom is -0.382 e. The maximum atomic E-state index is 6.03. The highest BCUT2D eigenvalue weighted by atomic mass is 14.9. The van der Waals surface area contributed by atoms with Crippen molar-refractivity contribution in [2.45, 2.75) is 6.04 Å². The fourth-order valence-corrected chi connectivity index (χ4v) is 1.42. The summed E-state index contributed by atoms with van der Waals surface area (Å²) in [6, 6.07) is 9.37. The monoisotopic (exact) mass is 200 g/mol. The van der Waals surface area contributed by atoms with E-state index in [0.29, 0.717) is 11.5 Å². The van der Waals surface area contributed by atoms with Crippen molar-refractivity contribution in [3.05, 3.63) is 54.0 Å². The molecular weight excluding hydrogens is 188 g/mol. The Morgan fingerprint density at radius 3 is 2.33 bits per heavy atom. The average Bonchev–Trinajstić information content (AvgIpc) is 2.30. The van der Waals surface area contributed by atoms with Crippen molar-refractivity contribution < 1.29 is 0 Å². The van der Waals surface area contributed by atoms with Crippen molar-refractivity contribution in [1.82, 2.24) is 9.97 Å². The molecule has 0 amide bonds. The summed E-state index contributed by atoms with van der Waals surface area (Å²) in [5, 5.41) is 0. The van der Waals surface area contributed by atoms with Gasteiger partial charge in [0, 0.05) is 12.4 Å². The molecule has 1 aromatic carbocycles. The number of hydrogen-bond donors (Lipinski definition) is 2. The molecule has 0 fully saturated rings. The van der Waals surface area contributed by atoms with E-state index in [0.717, 1.165) is 5.56 Å². The molecule has 2 aromatic rings. The first-order valence-electron chi connectivity index (χ1n) is 4.66. The lowest BCUT2D eigenvalue weighted by molar-refractivity contribution is 0.823. The molecule has 76 valence electrons. The van der Waals surface area contributed by atoms with Crippen LogP contribution in [0.3, 0.4) is 0 Å². The Morgan fingerprint density at radius 2 is 1.67 bits per heavy atom. The summed E-state index contributed by atoms with van der Waals surface area (Å²) in [7, 11) is 0. The van der Waals surface area contributed by atoms with Crippen molar-refractivity contribution in [3.8, 4) is 0 Å². The predicted molar refractivity (Wildman–Crippen MR) is 58.9 cm³/mol. The molecule has 0 saturated heterocycles. The number of anilines is 1. The third-order valence-corrected chi connectivity index (χ3v) is 2.21. The lowest BCUT2D eigenvalue weighted by atomic mass is 10.0. The van der Waals surface area contributed by atoms with Gasteiger partial charge in [0.2, 0.25) is 0 Å². The maximum absolute atomic E-state index is 6.03. The van der Waals surface area contributed by atoms with Crippen molar-refractivity contribution in [2.75, 3.05) is 5.73 Å². The zero-order valence-corrected chi connectivity index (χ0v) is 8.17. The van der Waals surface area contributed by atoms with Gasteiger partial charge in [-0.25, -0.2) is 4.98 Å². The summed E-state index contributed by atoms with van der Waals surface area (Å²) in [6.45, 7) is 0. The molecule has 0 aliphatic heterocycles. The Kier molecular flexibility index (Phi) is 2.60. The molecule has 0 aliphatic rings. The molecule has 0 aliphatic carbocycles. The van der Waals surface area contributed by atoms with E-state index in [-0.39, 0.29) is 6.04 Å². The molecule has 1 unspecified atom stereocenters. The van der Waals surface area contributed by atoms with Gasteiger partial charge in [-0.15, -0.1) is 0 Å². The first kappa shape index (κ1) is 9.61. The van der Waals surface area contributed by atoms with Crippen LogP contribution in [0.25, 0.3) is 0 Å². The minimum atomic E-state index is -0.320. The van der Waals surface area contributed by atoms with E-state index in [2.05, 4.69) is 9.97 Å². The van der Waals surface area contributed by atoms with Crippen LogP contribution in [0.15, 0.2) is 42.7 Å². The minimum absolute atomic E-state index is 0.320. The van der Waals surface area contributed by atoms with Gasteiger partial charge in [-0.3, -0.25) is 4.98 Å². The van der Waals surface area contributed by atoms with Crippen LogP contribution < -0.4 is 11.5 Å². The van der Waals surface area contributed by atoms with Crippen LogP contribution in [0.2, 0.25) is 0 Å². The topological polar surface area (TPSA) is 77.8 Å². The molecule has 0 spiro atoms. The van der Waals surface area contributed by atoms with Crippen LogP contribution in [-0.4, -0.2) is 9.97 Å². The van der Waals surface area contributed by atoms with E-state index in [9.17, 15) is 0 Å². The Morgan fingerprint density at radius 1 is 1.00 bits per heavy atom. The molecular formula is C11H12N4. The molecule has 1 atom stereocenters. The fraction of sp³-hybridized carbons (Fsp3) is 0.0909. The number of nitrogens with two attached hydrogens (primary N) is 2. The number of aromatic nitrogens is 2. The van der Waals surface area contributed by atoms with Crippen molar-refractivity contribution in [3.63, 3.8) is 0 Å². The average molecular weight is 200 g/mol. The van der Waals surface area contributed by atoms with Crippen LogP contribution in [-0.2, 0) is 0 Å². The third-order valence-electron chi connectivity index (χ3n) is 2.21. The zero-order valence-electron chi connectivity index (χ0n) is 8.17. The van der Waals surface area contributed by atoms with Gasteiger partial charge in [0.15, 0.2) is 0 Å². The van der Waals surface area contributed by atoms with E-state index < -0.39 is 0 Å². The van der Waals surface area contributed by atoms with E-state index in [1.165, 1.54) is 0 Å².